The van der Waals surface area contributed by atoms with Crippen molar-refractivity contribution in [3.63, 3.8) is 0 Å². The lowest BCUT2D eigenvalue weighted by Gasteiger charge is -2.18. The Morgan fingerprint density at radius 2 is 1.64 bits per heavy atom. The molecule has 0 fully saturated rings. The maximum Gasteiger partial charge on any atom is 0.154 e. The average Bonchev–Trinajstić information content (AvgIpc) is 3.12. The number of hydrogen-bond donors (Lipinski definition) is 1. The molecule has 4 aromatic rings. The summed E-state index contributed by atoms with van der Waals surface area (Å²) in [6.45, 7) is 12.9. The molecule has 0 aliphatic carbocycles. The van der Waals surface area contributed by atoms with Gasteiger partial charge in [0, 0.05) is 11.2 Å². The Morgan fingerprint density at radius 1 is 0.939 bits per heavy atom. The smallest absolute Gasteiger partial charge is 0.154 e. The van der Waals surface area contributed by atoms with Gasteiger partial charge in [-0.2, -0.15) is 0 Å². The van der Waals surface area contributed by atoms with Crippen molar-refractivity contribution in [2.45, 2.75) is 40.5 Å². The average molecular weight is 502 g/mol. The summed E-state index contributed by atoms with van der Waals surface area (Å²) in [7, 11) is 0. The van der Waals surface area contributed by atoms with Crippen molar-refractivity contribution in [2.75, 3.05) is 31.5 Å². The van der Waals surface area contributed by atoms with Gasteiger partial charge in [0.05, 0.1) is 26.0 Å². The minimum absolute atomic E-state index is 0.491. The van der Waals surface area contributed by atoms with Gasteiger partial charge in [-0.1, -0.05) is 54.7 Å². The zero-order chi connectivity index (χ0) is 23.5. The maximum atomic E-state index is 6.29. The first-order valence-corrected chi connectivity index (χ1v) is 13.1. The zero-order valence-corrected chi connectivity index (χ0v) is 22.0. The van der Waals surface area contributed by atoms with Crippen LogP contribution in [0.5, 0.6) is 0 Å². The maximum absolute atomic E-state index is 6.29. The largest absolute Gasteiger partial charge is 0.368 e. The van der Waals surface area contributed by atoms with E-state index in [0.29, 0.717) is 10.0 Å². The van der Waals surface area contributed by atoms with Crippen LogP contribution < -0.4 is 5.32 Å². The van der Waals surface area contributed by atoms with Crippen molar-refractivity contribution >= 4 is 61.5 Å². The molecule has 0 spiro atoms. The van der Waals surface area contributed by atoms with Crippen LogP contribution in [0.4, 0.5) is 5.82 Å². The van der Waals surface area contributed by atoms with Gasteiger partial charge in [-0.05, 0) is 75.5 Å². The molecule has 0 aliphatic rings. The van der Waals surface area contributed by atoms with E-state index in [1.54, 1.807) is 23.5 Å². The molecule has 2 heterocycles. The minimum Gasteiger partial charge on any atom is -0.368 e. The van der Waals surface area contributed by atoms with Gasteiger partial charge in [0.15, 0.2) is 5.82 Å². The van der Waals surface area contributed by atoms with Crippen molar-refractivity contribution < 1.29 is 0 Å². The minimum atomic E-state index is 0.491. The number of fused-ring (bicyclic) bond motifs is 2. The molecular weight excluding hydrogens is 471 g/mol. The second-order valence-electron chi connectivity index (χ2n) is 8.39. The van der Waals surface area contributed by atoms with Crippen molar-refractivity contribution in [1.29, 1.82) is 0 Å². The quantitative estimate of drug-likeness (QED) is 0.236. The molecular formula is C26H30Cl2N4S. The second kappa shape index (κ2) is 10.6. The summed E-state index contributed by atoms with van der Waals surface area (Å²) in [6.07, 6.45) is 2.22. The fourth-order valence-corrected chi connectivity index (χ4v) is 5.60. The molecule has 0 atom stereocenters. The number of unbranched alkanes of at least 4 members (excludes halogenated alkanes) is 1. The molecule has 1 N–H and O–H groups in total. The van der Waals surface area contributed by atoms with Crippen LogP contribution in [0, 0.1) is 13.8 Å². The van der Waals surface area contributed by atoms with Gasteiger partial charge in [-0.3, -0.25) is 0 Å². The first-order chi connectivity index (χ1) is 15.9. The van der Waals surface area contributed by atoms with Crippen LogP contribution in [0.25, 0.3) is 31.7 Å². The first-order valence-electron chi connectivity index (χ1n) is 11.5. The highest BCUT2D eigenvalue weighted by atomic mass is 35.5. The molecule has 2 aromatic heterocycles. The highest BCUT2D eigenvalue weighted by molar-refractivity contribution is 7.22. The number of rotatable bonds is 9. The SMILES string of the molecule is CCN(CC)CCCCNc1nc2cc(Cl)c(Cl)cc2nc1-c1sc2ccc(C)cc2c1C. The van der Waals surface area contributed by atoms with E-state index in [4.69, 9.17) is 33.2 Å². The molecule has 0 bridgehead atoms. The van der Waals surface area contributed by atoms with E-state index in [0.717, 1.165) is 66.4 Å². The molecule has 0 amide bonds. The summed E-state index contributed by atoms with van der Waals surface area (Å²) in [5.74, 6) is 0.801. The predicted molar refractivity (Wildman–Crippen MR) is 145 cm³/mol. The van der Waals surface area contributed by atoms with Crippen molar-refractivity contribution in [3.05, 3.63) is 51.5 Å². The summed E-state index contributed by atoms with van der Waals surface area (Å²) < 4.78 is 1.26. The van der Waals surface area contributed by atoms with E-state index in [9.17, 15) is 0 Å². The summed E-state index contributed by atoms with van der Waals surface area (Å²) in [5.41, 5.74) is 4.86. The van der Waals surface area contributed by atoms with E-state index in [-0.39, 0.29) is 0 Å². The van der Waals surface area contributed by atoms with Crippen molar-refractivity contribution in [3.8, 4) is 10.6 Å². The van der Waals surface area contributed by atoms with Crippen LogP contribution in [-0.4, -0.2) is 41.0 Å². The first kappa shape index (κ1) is 24.2. The molecule has 0 saturated heterocycles. The predicted octanol–water partition coefficient (Wildman–Crippen LogP) is 7.97. The Bertz CT molecular complexity index is 1280. The molecule has 7 heteroatoms. The molecule has 33 heavy (non-hydrogen) atoms. The highest BCUT2D eigenvalue weighted by Crippen LogP contribution is 2.41. The number of nitrogens with zero attached hydrogens (tertiary/aromatic N) is 3. The second-order valence-corrected chi connectivity index (χ2v) is 10.3. The summed E-state index contributed by atoms with van der Waals surface area (Å²) in [5, 5.41) is 5.83. The molecule has 0 unspecified atom stereocenters. The third-order valence-corrected chi connectivity index (χ3v) is 8.10. The van der Waals surface area contributed by atoms with Gasteiger partial charge < -0.3 is 10.2 Å². The lowest BCUT2D eigenvalue weighted by molar-refractivity contribution is 0.298. The third kappa shape index (κ3) is 5.27. The van der Waals surface area contributed by atoms with Crippen LogP contribution in [0.2, 0.25) is 10.0 Å². The Hall–Kier alpha value is -1.92. The summed E-state index contributed by atoms with van der Waals surface area (Å²) >= 11 is 14.3. The monoisotopic (exact) mass is 500 g/mol. The lowest BCUT2D eigenvalue weighted by atomic mass is 10.1. The molecule has 4 nitrogen and oxygen atoms in total. The van der Waals surface area contributed by atoms with Crippen LogP contribution in [-0.2, 0) is 0 Å². The third-order valence-electron chi connectivity index (χ3n) is 6.10. The van der Waals surface area contributed by atoms with Gasteiger partial charge in [0.25, 0.3) is 0 Å². The number of nitrogens with one attached hydrogen (secondary N) is 1. The molecule has 0 radical (unpaired) electrons. The van der Waals surface area contributed by atoms with E-state index >= 15 is 0 Å². The van der Waals surface area contributed by atoms with Crippen LogP contribution in [0.1, 0.15) is 37.8 Å². The molecule has 0 aliphatic heterocycles. The Kier molecular flexibility index (Phi) is 7.75. The van der Waals surface area contributed by atoms with Crippen LogP contribution in [0.15, 0.2) is 30.3 Å². The van der Waals surface area contributed by atoms with Gasteiger partial charge in [0.2, 0.25) is 0 Å². The molecule has 4 rings (SSSR count). The van der Waals surface area contributed by atoms with Crippen molar-refractivity contribution in [2.24, 2.45) is 0 Å². The van der Waals surface area contributed by atoms with Crippen LogP contribution in [0.3, 0.4) is 0 Å². The fraction of sp³-hybridized carbons (Fsp3) is 0.385. The van der Waals surface area contributed by atoms with Gasteiger partial charge in [-0.25, -0.2) is 9.97 Å². The Balaban J connectivity index is 1.69. The number of hydrogen-bond acceptors (Lipinski definition) is 5. The van der Waals surface area contributed by atoms with E-state index < -0.39 is 0 Å². The number of benzene rings is 2. The van der Waals surface area contributed by atoms with E-state index in [1.807, 2.05) is 0 Å². The fourth-order valence-electron chi connectivity index (χ4n) is 4.10. The Morgan fingerprint density at radius 3 is 2.33 bits per heavy atom. The summed E-state index contributed by atoms with van der Waals surface area (Å²) in [6, 6.07) is 10.2. The van der Waals surface area contributed by atoms with Crippen molar-refractivity contribution in [1.82, 2.24) is 14.9 Å². The molecule has 2 aromatic carbocycles. The number of aromatic nitrogens is 2. The van der Waals surface area contributed by atoms with Crippen LogP contribution >= 0.6 is 34.5 Å². The number of halogens is 2. The normalized spacial score (nSPS) is 11.7. The highest BCUT2D eigenvalue weighted by Gasteiger charge is 2.18. The number of thiophene rings is 1. The van der Waals surface area contributed by atoms with Gasteiger partial charge in [0.1, 0.15) is 5.69 Å². The zero-order valence-electron chi connectivity index (χ0n) is 19.6. The van der Waals surface area contributed by atoms with E-state index in [2.05, 4.69) is 56.1 Å². The summed E-state index contributed by atoms with van der Waals surface area (Å²) in [4.78, 5) is 13.5. The standard InChI is InChI=1S/C26H30Cl2N4S/c1-5-32(6-2)12-8-7-11-29-26-24(30-21-14-19(27)20(28)15-22(21)31-26)25-17(4)18-13-16(3)9-10-23(18)33-25/h9-10,13-15H,5-8,11-12H2,1-4H3,(H,29,31). The topological polar surface area (TPSA) is 41.0 Å². The van der Waals surface area contributed by atoms with Gasteiger partial charge >= 0.3 is 0 Å². The number of aryl methyl sites for hydroxylation is 2. The lowest BCUT2D eigenvalue weighted by Crippen LogP contribution is -2.24. The molecule has 174 valence electrons. The number of anilines is 1. The molecule has 0 saturated carbocycles. The Labute approximate surface area is 209 Å². The van der Waals surface area contributed by atoms with E-state index in [1.165, 1.54) is 21.2 Å². The van der Waals surface area contributed by atoms with Gasteiger partial charge in [-0.15, -0.1) is 11.3 Å².